The Labute approximate surface area is 106 Å². The smallest absolute Gasteiger partial charge is 0.223 e. The molecule has 18 heavy (non-hydrogen) atoms. The minimum absolute atomic E-state index is 0.612. The van der Waals surface area contributed by atoms with Crippen LogP contribution in [0.5, 0.6) is 0 Å². The van der Waals surface area contributed by atoms with Crippen LogP contribution < -0.4 is 5.32 Å². The molecule has 0 fully saturated rings. The standard InChI is InChI=1S/C14H14N4/c1-3-16-14-17-9-10(2)13(18-14)12-6-4-5-11(7-12)8-15/h4-7,9H,3H2,1-2H3,(H,16,17,18). The highest BCUT2D eigenvalue weighted by molar-refractivity contribution is 5.65. The molecule has 0 saturated heterocycles. The monoisotopic (exact) mass is 238 g/mol. The molecule has 0 aliphatic carbocycles. The second-order valence-electron chi connectivity index (χ2n) is 3.95. The Kier molecular flexibility index (Phi) is 3.54. The van der Waals surface area contributed by atoms with Crippen LogP contribution in [0.25, 0.3) is 11.3 Å². The van der Waals surface area contributed by atoms with E-state index in [0.717, 1.165) is 23.4 Å². The minimum atomic E-state index is 0.612. The maximum atomic E-state index is 8.92. The van der Waals surface area contributed by atoms with Gasteiger partial charge in [-0.1, -0.05) is 12.1 Å². The van der Waals surface area contributed by atoms with Crippen LogP contribution in [-0.4, -0.2) is 16.5 Å². The zero-order chi connectivity index (χ0) is 13.0. The molecule has 0 amide bonds. The Morgan fingerprint density at radius 1 is 1.39 bits per heavy atom. The van der Waals surface area contributed by atoms with Crippen molar-refractivity contribution >= 4 is 5.95 Å². The quantitative estimate of drug-likeness (QED) is 0.893. The topological polar surface area (TPSA) is 61.6 Å². The van der Waals surface area contributed by atoms with Gasteiger partial charge in [0.2, 0.25) is 5.95 Å². The molecule has 2 aromatic rings. The molecule has 1 aromatic carbocycles. The molecule has 0 atom stereocenters. The van der Waals surface area contributed by atoms with Crippen LogP contribution in [0, 0.1) is 18.3 Å². The summed E-state index contributed by atoms with van der Waals surface area (Å²) in [5.74, 6) is 0.612. The number of hydrogen-bond donors (Lipinski definition) is 1. The van der Waals surface area contributed by atoms with Gasteiger partial charge in [-0.15, -0.1) is 0 Å². The van der Waals surface area contributed by atoms with Crippen molar-refractivity contribution in [3.05, 3.63) is 41.6 Å². The van der Waals surface area contributed by atoms with Gasteiger partial charge in [0.25, 0.3) is 0 Å². The summed E-state index contributed by atoms with van der Waals surface area (Å²) < 4.78 is 0. The summed E-state index contributed by atoms with van der Waals surface area (Å²) in [7, 11) is 0. The maximum absolute atomic E-state index is 8.92. The van der Waals surface area contributed by atoms with E-state index in [9.17, 15) is 0 Å². The average Bonchev–Trinajstić information content (AvgIpc) is 2.41. The van der Waals surface area contributed by atoms with Crippen molar-refractivity contribution in [2.45, 2.75) is 13.8 Å². The zero-order valence-electron chi connectivity index (χ0n) is 10.4. The van der Waals surface area contributed by atoms with Crippen LogP contribution in [0.3, 0.4) is 0 Å². The minimum Gasteiger partial charge on any atom is -0.354 e. The van der Waals surface area contributed by atoms with Crippen LogP contribution in [0.2, 0.25) is 0 Å². The number of benzene rings is 1. The van der Waals surface area contributed by atoms with Gasteiger partial charge in [-0.3, -0.25) is 0 Å². The number of anilines is 1. The number of aryl methyl sites for hydroxylation is 1. The van der Waals surface area contributed by atoms with E-state index in [1.54, 1.807) is 12.3 Å². The molecule has 1 heterocycles. The molecule has 2 rings (SSSR count). The Hall–Kier alpha value is -2.41. The van der Waals surface area contributed by atoms with Gasteiger partial charge in [0.1, 0.15) is 0 Å². The molecular weight excluding hydrogens is 224 g/mol. The van der Waals surface area contributed by atoms with E-state index in [0.29, 0.717) is 11.5 Å². The van der Waals surface area contributed by atoms with E-state index in [2.05, 4.69) is 21.4 Å². The van der Waals surface area contributed by atoms with Crippen molar-refractivity contribution in [3.63, 3.8) is 0 Å². The van der Waals surface area contributed by atoms with Crippen LogP contribution in [0.1, 0.15) is 18.1 Å². The van der Waals surface area contributed by atoms with E-state index in [4.69, 9.17) is 5.26 Å². The number of nitrogens with one attached hydrogen (secondary N) is 1. The second-order valence-corrected chi connectivity index (χ2v) is 3.95. The first-order chi connectivity index (χ1) is 8.74. The predicted molar refractivity (Wildman–Crippen MR) is 71.1 cm³/mol. The molecular formula is C14H14N4. The molecule has 1 aromatic heterocycles. The lowest BCUT2D eigenvalue weighted by atomic mass is 10.1. The van der Waals surface area contributed by atoms with Crippen molar-refractivity contribution in [2.24, 2.45) is 0 Å². The van der Waals surface area contributed by atoms with Crippen molar-refractivity contribution < 1.29 is 0 Å². The first kappa shape index (κ1) is 12.1. The molecule has 1 N–H and O–H groups in total. The first-order valence-corrected chi connectivity index (χ1v) is 5.82. The van der Waals surface area contributed by atoms with Crippen LogP contribution in [0.4, 0.5) is 5.95 Å². The van der Waals surface area contributed by atoms with Crippen LogP contribution in [0.15, 0.2) is 30.5 Å². The van der Waals surface area contributed by atoms with Gasteiger partial charge >= 0.3 is 0 Å². The van der Waals surface area contributed by atoms with Crippen LogP contribution >= 0.6 is 0 Å². The molecule has 0 aliphatic heterocycles. The first-order valence-electron chi connectivity index (χ1n) is 5.82. The van der Waals surface area contributed by atoms with Crippen molar-refractivity contribution in [3.8, 4) is 17.3 Å². The maximum Gasteiger partial charge on any atom is 0.223 e. The molecule has 0 unspecified atom stereocenters. The molecule has 4 heteroatoms. The number of nitriles is 1. The van der Waals surface area contributed by atoms with Gasteiger partial charge < -0.3 is 5.32 Å². The Morgan fingerprint density at radius 3 is 2.94 bits per heavy atom. The third-order valence-electron chi connectivity index (χ3n) is 2.57. The molecule has 0 spiro atoms. The van der Waals surface area contributed by atoms with Gasteiger partial charge in [-0.2, -0.15) is 5.26 Å². The number of rotatable bonds is 3. The lowest BCUT2D eigenvalue weighted by molar-refractivity contribution is 1.07. The average molecular weight is 238 g/mol. The highest BCUT2D eigenvalue weighted by Crippen LogP contribution is 2.22. The molecule has 90 valence electrons. The van der Waals surface area contributed by atoms with Crippen molar-refractivity contribution in [2.75, 3.05) is 11.9 Å². The molecule has 0 radical (unpaired) electrons. The SMILES string of the molecule is CCNc1ncc(C)c(-c2cccc(C#N)c2)n1. The summed E-state index contributed by atoms with van der Waals surface area (Å²) >= 11 is 0. The Balaban J connectivity index is 2.48. The fraction of sp³-hybridized carbons (Fsp3) is 0.214. The van der Waals surface area contributed by atoms with E-state index < -0.39 is 0 Å². The normalized spacial score (nSPS) is 9.83. The van der Waals surface area contributed by atoms with Gasteiger partial charge in [-0.25, -0.2) is 9.97 Å². The number of aromatic nitrogens is 2. The highest BCUT2D eigenvalue weighted by Gasteiger charge is 2.06. The zero-order valence-corrected chi connectivity index (χ0v) is 10.4. The summed E-state index contributed by atoms with van der Waals surface area (Å²) in [5.41, 5.74) is 3.42. The largest absolute Gasteiger partial charge is 0.354 e. The molecule has 4 nitrogen and oxygen atoms in total. The second kappa shape index (κ2) is 5.28. The Bertz CT molecular complexity index is 599. The summed E-state index contributed by atoms with van der Waals surface area (Å²) in [5, 5.41) is 12.0. The van der Waals surface area contributed by atoms with Crippen LogP contribution in [-0.2, 0) is 0 Å². The van der Waals surface area contributed by atoms with Gasteiger partial charge in [0.15, 0.2) is 0 Å². The lowest BCUT2D eigenvalue weighted by Gasteiger charge is -2.08. The summed E-state index contributed by atoms with van der Waals surface area (Å²) in [6.45, 7) is 4.74. The third-order valence-corrected chi connectivity index (χ3v) is 2.57. The Morgan fingerprint density at radius 2 is 2.22 bits per heavy atom. The third kappa shape index (κ3) is 2.46. The summed E-state index contributed by atoms with van der Waals surface area (Å²) in [4.78, 5) is 8.69. The van der Waals surface area contributed by atoms with E-state index in [1.807, 2.05) is 32.0 Å². The number of hydrogen-bond acceptors (Lipinski definition) is 4. The summed E-state index contributed by atoms with van der Waals surface area (Å²) in [6, 6.07) is 9.57. The highest BCUT2D eigenvalue weighted by atomic mass is 15.1. The number of nitrogens with zero attached hydrogens (tertiary/aromatic N) is 3. The molecule has 0 bridgehead atoms. The fourth-order valence-corrected chi connectivity index (χ4v) is 1.71. The summed E-state index contributed by atoms with van der Waals surface area (Å²) in [6.07, 6.45) is 1.79. The fourth-order valence-electron chi connectivity index (χ4n) is 1.71. The van der Waals surface area contributed by atoms with E-state index in [-0.39, 0.29) is 0 Å². The van der Waals surface area contributed by atoms with E-state index >= 15 is 0 Å². The van der Waals surface area contributed by atoms with E-state index in [1.165, 1.54) is 0 Å². The van der Waals surface area contributed by atoms with Gasteiger partial charge in [0, 0.05) is 18.3 Å². The van der Waals surface area contributed by atoms with Crippen molar-refractivity contribution in [1.82, 2.24) is 9.97 Å². The van der Waals surface area contributed by atoms with Gasteiger partial charge in [-0.05, 0) is 31.5 Å². The lowest BCUT2D eigenvalue weighted by Crippen LogP contribution is -2.03. The molecule has 0 aliphatic rings. The molecule has 0 saturated carbocycles. The van der Waals surface area contributed by atoms with Gasteiger partial charge in [0.05, 0.1) is 17.3 Å². The van der Waals surface area contributed by atoms with Crippen molar-refractivity contribution in [1.29, 1.82) is 5.26 Å². The predicted octanol–water partition coefficient (Wildman–Crippen LogP) is 2.76.